The highest BCUT2D eigenvalue weighted by Crippen LogP contribution is 2.35. The number of fused-ring (bicyclic) bond motifs is 1. The number of aromatic amines is 1. The van der Waals surface area contributed by atoms with Gasteiger partial charge in [-0.05, 0) is 18.9 Å². The van der Waals surface area contributed by atoms with Gasteiger partial charge in [0.15, 0.2) is 5.78 Å². The number of benzene rings is 1. The highest BCUT2D eigenvalue weighted by atomic mass is 35.5. The minimum atomic E-state index is 0.253. The number of hydrogen-bond donors (Lipinski definition) is 1. The van der Waals surface area contributed by atoms with Crippen LogP contribution in [0.1, 0.15) is 23.2 Å². The molecule has 0 saturated heterocycles. The van der Waals surface area contributed by atoms with Gasteiger partial charge in [0.1, 0.15) is 0 Å². The van der Waals surface area contributed by atoms with E-state index in [1.807, 2.05) is 18.2 Å². The average Bonchev–Trinajstić information content (AvgIpc) is 2.98. The van der Waals surface area contributed by atoms with E-state index in [-0.39, 0.29) is 11.7 Å². The molecule has 1 saturated carbocycles. The topological polar surface area (TPSA) is 32.9 Å². The van der Waals surface area contributed by atoms with Crippen LogP contribution in [0.25, 0.3) is 10.9 Å². The lowest BCUT2D eigenvalue weighted by Gasteiger charge is -1.96. The zero-order valence-corrected chi connectivity index (χ0v) is 8.84. The minimum absolute atomic E-state index is 0.253. The van der Waals surface area contributed by atoms with Crippen molar-refractivity contribution in [2.24, 2.45) is 5.92 Å². The number of nitrogens with one attached hydrogen (secondary N) is 1. The Morgan fingerprint density at radius 1 is 1.40 bits per heavy atom. The lowest BCUT2D eigenvalue weighted by molar-refractivity contribution is 0.0969. The van der Waals surface area contributed by atoms with Crippen LogP contribution in [0.3, 0.4) is 0 Å². The third-order valence-electron chi connectivity index (χ3n) is 2.88. The van der Waals surface area contributed by atoms with E-state index in [0.29, 0.717) is 5.02 Å². The van der Waals surface area contributed by atoms with Gasteiger partial charge in [-0.1, -0.05) is 23.7 Å². The first-order valence-corrected chi connectivity index (χ1v) is 5.45. The Labute approximate surface area is 92.2 Å². The minimum Gasteiger partial charge on any atom is -0.359 e. The van der Waals surface area contributed by atoms with E-state index in [4.69, 9.17) is 11.6 Å². The molecule has 1 aromatic carbocycles. The molecule has 1 aliphatic carbocycles. The molecule has 2 aromatic rings. The fraction of sp³-hybridized carbons (Fsp3) is 0.250. The smallest absolute Gasteiger partial charge is 0.168 e. The largest absolute Gasteiger partial charge is 0.359 e. The molecule has 0 bridgehead atoms. The predicted octanol–water partition coefficient (Wildman–Crippen LogP) is 3.41. The van der Waals surface area contributed by atoms with Gasteiger partial charge < -0.3 is 4.98 Å². The number of carbonyl (C=O) groups is 1. The number of aromatic nitrogens is 1. The second-order valence-electron chi connectivity index (χ2n) is 4.00. The summed E-state index contributed by atoms with van der Waals surface area (Å²) in [7, 11) is 0. The maximum atomic E-state index is 11.9. The molecule has 1 aromatic heterocycles. The molecule has 2 nitrogen and oxygen atoms in total. The summed E-state index contributed by atoms with van der Waals surface area (Å²) < 4.78 is 0. The van der Waals surface area contributed by atoms with E-state index >= 15 is 0 Å². The molecule has 1 heterocycles. The summed E-state index contributed by atoms with van der Waals surface area (Å²) in [6.07, 6.45) is 3.84. The van der Waals surface area contributed by atoms with Gasteiger partial charge in [-0.15, -0.1) is 0 Å². The predicted molar refractivity (Wildman–Crippen MR) is 60.4 cm³/mol. The van der Waals surface area contributed by atoms with Crippen LogP contribution >= 0.6 is 11.6 Å². The number of carbonyl (C=O) groups excluding carboxylic acids is 1. The van der Waals surface area contributed by atoms with Gasteiger partial charge in [-0.2, -0.15) is 0 Å². The SMILES string of the molecule is O=C(c1c[nH]c2c(Cl)cccc12)C1CC1. The summed E-state index contributed by atoms with van der Waals surface area (Å²) in [5, 5.41) is 1.61. The van der Waals surface area contributed by atoms with Crippen molar-refractivity contribution in [3.63, 3.8) is 0 Å². The monoisotopic (exact) mass is 219 g/mol. The van der Waals surface area contributed by atoms with Crippen molar-refractivity contribution in [1.82, 2.24) is 4.98 Å². The highest BCUT2D eigenvalue weighted by molar-refractivity contribution is 6.35. The zero-order valence-electron chi connectivity index (χ0n) is 8.09. The Bertz CT molecular complexity index is 540. The first-order valence-electron chi connectivity index (χ1n) is 5.07. The summed E-state index contributed by atoms with van der Waals surface area (Å²) in [6.45, 7) is 0. The molecule has 0 aliphatic heterocycles. The third-order valence-corrected chi connectivity index (χ3v) is 3.19. The van der Waals surface area contributed by atoms with Crippen molar-refractivity contribution in [2.45, 2.75) is 12.8 Å². The fourth-order valence-electron chi connectivity index (χ4n) is 1.89. The molecule has 0 unspecified atom stereocenters. The maximum absolute atomic E-state index is 11.9. The molecule has 1 aliphatic rings. The van der Waals surface area contributed by atoms with Gasteiger partial charge in [0.25, 0.3) is 0 Å². The summed E-state index contributed by atoms with van der Waals surface area (Å²) in [6, 6.07) is 5.64. The number of hydrogen-bond acceptors (Lipinski definition) is 1. The summed E-state index contributed by atoms with van der Waals surface area (Å²) >= 11 is 6.03. The standard InChI is InChI=1S/C12H10ClNO/c13-10-3-1-2-8-9(6-14-11(8)10)12(15)7-4-5-7/h1-3,6-7,14H,4-5H2. The first-order chi connectivity index (χ1) is 7.27. The van der Waals surface area contributed by atoms with Crippen LogP contribution in [0.15, 0.2) is 24.4 Å². The Morgan fingerprint density at radius 2 is 2.20 bits per heavy atom. The average molecular weight is 220 g/mol. The quantitative estimate of drug-likeness (QED) is 0.772. The van der Waals surface area contributed by atoms with Gasteiger partial charge in [-0.25, -0.2) is 0 Å². The van der Waals surface area contributed by atoms with Gasteiger partial charge in [0.2, 0.25) is 0 Å². The van der Waals surface area contributed by atoms with Gasteiger partial charge in [-0.3, -0.25) is 4.79 Å². The molecule has 3 rings (SSSR count). The van der Waals surface area contributed by atoms with Gasteiger partial charge in [0.05, 0.1) is 10.5 Å². The molecular weight excluding hydrogens is 210 g/mol. The second kappa shape index (κ2) is 3.11. The van der Waals surface area contributed by atoms with E-state index < -0.39 is 0 Å². The molecule has 1 fully saturated rings. The number of halogens is 1. The van der Waals surface area contributed by atoms with Crippen LogP contribution in [-0.2, 0) is 0 Å². The Hall–Kier alpha value is -1.28. The van der Waals surface area contributed by atoms with Crippen molar-refractivity contribution >= 4 is 28.3 Å². The molecular formula is C12H10ClNO. The summed E-state index contributed by atoms with van der Waals surface area (Å²) in [5.41, 5.74) is 1.65. The Morgan fingerprint density at radius 3 is 2.93 bits per heavy atom. The van der Waals surface area contributed by atoms with E-state index in [1.54, 1.807) is 6.20 Å². The maximum Gasteiger partial charge on any atom is 0.168 e. The van der Waals surface area contributed by atoms with Crippen LogP contribution in [-0.4, -0.2) is 10.8 Å². The molecule has 0 radical (unpaired) electrons. The Balaban J connectivity index is 2.19. The molecule has 0 amide bonds. The van der Waals surface area contributed by atoms with Crippen molar-refractivity contribution in [2.75, 3.05) is 0 Å². The number of para-hydroxylation sites is 1. The van der Waals surface area contributed by atoms with Gasteiger partial charge in [0, 0.05) is 23.1 Å². The van der Waals surface area contributed by atoms with Crippen molar-refractivity contribution < 1.29 is 4.79 Å². The lowest BCUT2D eigenvalue weighted by atomic mass is 10.1. The van der Waals surface area contributed by atoms with Gasteiger partial charge >= 0.3 is 0 Å². The number of ketones is 1. The van der Waals surface area contributed by atoms with Crippen LogP contribution < -0.4 is 0 Å². The zero-order chi connectivity index (χ0) is 10.4. The molecule has 15 heavy (non-hydrogen) atoms. The number of H-pyrrole nitrogens is 1. The molecule has 76 valence electrons. The van der Waals surface area contributed by atoms with Crippen LogP contribution in [0.2, 0.25) is 5.02 Å². The van der Waals surface area contributed by atoms with Crippen molar-refractivity contribution in [1.29, 1.82) is 0 Å². The van der Waals surface area contributed by atoms with Crippen LogP contribution in [0, 0.1) is 5.92 Å². The Kier molecular flexibility index (Phi) is 1.86. The molecule has 0 atom stereocenters. The highest BCUT2D eigenvalue weighted by Gasteiger charge is 2.31. The normalized spacial score (nSPS) is 15.8. The molecule has 1 N–H and O–H groups in total. The summed E-state index contributed by atoms with van der Waals surface area (Å²) in [5.74, 6) is 0.506. The van der Waals surface area contributed by atoms with E-state index in [1.165, 1.54) is 0 Å². The van der Waals surface area contributed by atoms with E-state index in [2.05, 4.69) is 4.98 Å². The molecule has 3 heteroatoms. The third kappa shape index (κ3) is 1.37. The second-order valence-corrected chi connectivity index (χ2v) is 4.41. The van der Waals surface area contributed by atoms with E-state index in [9.17, 15) is 4.79 Å². The number of rotatable bonds is 2. The lowest BCUT2D eigenvalue weighted by Crippen LogP contribution is -1.99. The van der Waals surface area contributed by atoms with Crippen molar-refractivity contribution in [3.8, 4) is 0 Å². The summed E-state index contributed by atoms with van der Waals surface area (Å²) in [4.78, 5) is 15.0. The van der Waals surface area contributed by atoms with E-state index in [0.717, 1.165) is 29.3 Å². The number of Topliss-reactive ketones (excluding diaryl/α,β-unsaturated/α-hetero) is 1. The van der Waals surface area contributed by atoms with Crippen molar-refractivity contribution in [3.05, 3.63) is 35.0 Å². The molecule has 0 spiro atoms. The fourth-order valence-corrected chi connectivity index (χ4v) is 2.12. The first kappa shape index (κ1) is 8.98. The van der Waals surface area contributed by atoms with Crippen LogP contribution in [0.5, 0.6) is 0 Å². The van der Waals surface area contributed by atoms with Crippen LogP contribution in [0.4, 0.5) is 0 Å².